The van der Waals surface area contributed by atoms with Crippen molar-refractivity contribution >= 4 is 15.7 Å². The van der Waals surface area contributed by atoms with E-state index in [2.05, 4.69) is 4.90 Å². The number of rotatable bonds is 2. The minimum atomic E-state index is -2.81. The SMILES string of the molecule is NC(=O)C1CCN(C2CCS(=O)(=O)C2)CC1. The number of carbonyl (C=O) groups excluding carboxylic acids is 1. The lowest BCUT2D eigenvalue weighted by atomic mass is 9.95. The zero-order valence-electron chi connectivity index (χ0n) is 9.26. The summed E-state index contributed by atoms with van der Waals surface area (Å²) in [6, 6.07) is 0.166. The molecule has 5 nitrogen and oxygen atoms in total. The lowest BCUT2D eigenvalue weighted by Gasteiger charge is -2.34. The average Bonchev–Trinajstić information content (AvgIpc) is 2.59. The van der Waals surface area contributed by atoms with Crippen LogP contribution in [0.1, 0.15) is 19.3 Å². The zero-order chi connectivity index (χ0) is 11.8. The maximum atomic E-state index is 11.4. The van der Waals surface area contributed by atoms with E-state index in [1.54, 1.807) is 0 Å². The van der Waals surface area contributed by atoms with Crippen molar-refractivity contribution in [1.29, 1.82) is 0 Å². The average molecular weight is 246 g/mol. The Morgan fingerprint density at radius 1 is 1.19 bits per heavy atom. The smallest absolute Gasteiger partial charge is 0.220 e. The molecule has 16 heavy (non-hydrogen) atoms. The minimum Gasteiger partial charge on any atom is -0.369 e. The number of sulfone groups is 1. The van der Waals surface area contributed by atoms with Crippen LogP contribution in [0.5, 0.6) is 0 Å². The fraction of sp³-hybridized carbons (Fsp3) is 0.900. The lowest BCUT2D eigenvalue weighted by Crippen LogP contribution is -2.44. The number of piperidine rings is 1. The first kappa shape index (κ1) is 11.9. The number of nitrogens with zero attached hydrogens (tertiary/aromatic N) is 1. The standard InChI is InChI=1S/C10H18N2O3S/c11-10(13)8-1-4-12(5-2-8)9-3-6-16(14,15)7-9/h8-9H,1-7H2,(H2,11,13). The summed E-state index contributed by atoms with van der Waals surface area (Å²) in [5.74, 6) is 0.356. The Morgan fingerprint density at radius 2 is 1.81 bits per heavy atom. The molecule has 0 saturated carbocycles. The highest BCUT2D eigenvalue weighted by molar-refractivity contribution is 7.91. The molecule has 92 valence electrons. The van der Waals surface area contributed by atoms with Crippen LogP contribution in [-0.2, 0) is 14.6 Å². The Kier molecular flexibility index (Phi) is 3.21. The van der Waals surface area contributed by atoms with Gasteiger partial charge in [-0.2, -0.15) is 0 Å². The van der Waals surface area contributed by atoms with E-state index in [4.69, 9.17) is 5.73 Å². The fourth-order valence-electron chi connectivity index (χ4n) is 2.61. The lowest BCUT2D eigenvalue weighted by molar-refractivity contribution is -0.123. The molecule has 1 atom stereocenters. The number of hydrogen-bond donors (Lipinski definition) is 1. The summed E-state index contributed by atoms with van der Waals surface area (Å²) >= 11 is 0. The molecule has 0 spiro atoms. The molecule has 0 radical (unpaired) electrons. The second-order valence-electron chi connectivity index (χ2n) is 4.77. The van der Waals surface area contributed by atoms with Gasteiger partial charge in [0.25, 0.3) is 0 Å². The molecule has 0 bridgehead atoms. The first-order valence-electron chi connectivity index (χ1n) is 5.72. The van der Waals surface area contributed by atoms with E-state index in [1.807, 2.05) is 0 Å². The molecular formula is C10H18N2O3S. The van der Waals surface area contributed by atoms with E-state index in [0.29, 0.717) is 5.75 Å². The minimum absolute atomic E-state index is 0.0192. The molecule has 0 aromatic rings. The molecule has 0 aromatic heterocycles. The zero-order valence-corrected chi connectivity index (χ0v) is 10.1. The van der Waals surface area contributed by atoms with Crippen molar-refractivity contribution < 1.29 is 13.2 Å². The van der Waals surface area contributed by atoms with Crippen LogP contribution in [0.4, 0.5) is 0 Å². The predicted molar refractivity (Wildman–Crippen MR) is 60.6 cm³/mol. The highest BCUT2D eigenvalue weighted by atomic mass is 32.2. The van der Waals surface area contributed by atoms with Crippen LogP contribution in [0.15, 0.2) is 0 Å². The van der Waals surface area contributed by atoms with Crippen molar-refractivity contribution in [2.75, 3.05) is 24.6 Å². The van der Waals surface area contributed by atoms with Gasteiger partial charge in [-0.1, -0.05) is 0 Å². The first-order chi connectivity index (χ1) is 7.48. The number of hydrogen-bond acceptors (Lipinski definition) is 4. The molecule has 2 saturated heterocycles. The number of amides is 1. The van der Waals surface area contributed by atoms with Gasteiger partial charge in [0.05, 0.1) is 11.5 Å². The fourth-order valence-corrected chi connectivity index (χ4v) is 4.37. The molecule has 2 aliphatic heterocycles. The quantitative estimate of drug-likeness (QED) is 0.703. The van der Waals surface area contributed by atoms with Crippen LogP contribution in [-0.4, -0.2) is 49.9 Å². The first-order valence-corrected chi connectivity index (χ1v) is 7.54. The number of primary amides is 1. The van der Waals surface area contributed by atoms with Gasteiger partial charge < -0.3 is 5.73 Å². The van der Waals surface area contributed by atoms with Crippen molar-refractivity contribution in [3.05, 3.63) is 0 Å². The second-order valence-corrected chi connectivity index (χ2v) is 7.00. The van der Waals surface area contributed by atoms with Crippen LogP contribution >= 0.6 is 0 Å². The molecule has 1 unspecified atom stereocenters. The third-order valence-corrected chi connectivity index (χ3v) is 5.41. The Bertz CT molecular complexity index is 372. The van der Waals surface area contributed by atoms with Gasteiger partial charge in [-0.3, -0.25) is 9.69 Å². The maximum Gasteiger partial charge on any atom is 0.220 e. The van der Waals surface area contributed by atoms with Gasteiger partial charge in [-0.25, -0.2) is 8.42 Å². The molecule has 0 aromatic carbocycles. The topological polar surface area (TPSA) is 80.5 Å². The van der Waals surface area contributed by atoms with Crippen molar-refractivity contribution in [2.45, 2.75) is 25.3 Å². The van der Waals surface area contributed by atoms with Gasteiger partial charge in [0, 0.05) is 12.0 Å². The van der Waals surface area contributed by atoms with E-state index in [0.717, 1.165) is 32.4 Å². The summed E-state index contributed by atoms with van der Waals surface area (Å²) in [4.78, 5) is 13.2. The molecular weight excluding hydrogens is 228 g/mol. The molecule has 6 heteroatoms. The summed E-state index contributed by atoms with van der Waals surface area (Å²) in [7, 11) is -2.81. The Morgan fingerprint density at radius 3 is 2.25 bits per heavy atom. The second kappa shape index (κ2) is 4.33. The third kappa shape index (κ3) is 2.55. The van der Waals surface area contributed by atoms with E-state index < -0.39 is 9.84 Å². The largest absolute Gasteiger partial charge is 0.369 e. The number of carbonyl (C=O) groups is 1. The summed E-state index contributed by atoms with van der Waals surface area (Å²) in [6.07, 6.45) is 2.28. The van der Waals surface area contributed by atoms with E-state index >= 15 is 0 Å². The van der Waals surface area contributed by atoms with E-state index in [1.165, 1.54) is 0 Å². The summed E-state index contributed by atoms with van der Waals surface area (Å²) < 4.78 is 22.7. The Hall–Kier alpha value is -0.620. The van der Waals surface area contributed by atoms with Crippen molar-refractivity contribution in [1.82, 2.24) is 4.90 Å². The van der Waals surface area contributed by atoms with Gasteiger partial charge in [-0.05, 0) is 32.4 Å². The molecule has 0 aliphatic carbocycles. The van der Waals surface area contributed by atoms with Crippen molar-refractivity contribution in [2.24, 2.45) is 11.7 Å². The van der Waals surface area contributed by atoms with Crippen molar-refractivity contribution in [3.63, 3.8) is 0 Å². The Labute approximate surface area is 95.9 Å². The van der Waals surface area contributed by atoms with Gasteiger partial charge in [-0.15, -0.1) is 0 Å². The third-order valence-electron chi connectivity index (χ3n) is 3.66. The van der Waals surface area contributed by atoms with Crippen LogP contribution in [0.2, 0.25) is 0 Å². The molecule has 1 amide bonds. The maximum absolute atomic E-state index is 11.4. The van der Waals surface area contributed by atoms with Gasteiger partial charge in [0.15, 0.2) is 9.84 Å². The van der Waals surface area contributed by atoms with E-state index in [-0.39, 0.29) is 23.6 Å². The molecule has 2 heterocycles. The summed E-state index contributed by atoms with van der Waals surface area (Å²) in [5, 5.41) is 0. The van der Waals surface area contributed by atoms with Gasteiger partial charge in [0.1, 0.15) is 0 Å². The van der Waals surface area contributed by atoms with Crippen molar-refractivity contribution in [3.8, 4) is 0 Å². The monoisotopic (exact) mass is 246 g/mol. The van der Waals surface area contributed by atoms with Crippen LogP contribution in [0.3, 0.4) is 0 Å². The van der Waals surface area contributed by atoms with Crippen LogP contribution < -0.4 is 5.73 Å². The summed E-state index contributed by atoms with van der Waals surface area (Å²) in [5.41, 5.74) is 5.26. The predicted octanol–water partition coefficient (Wildman–Crippen LogP) is -0.629. The number of likely N-dealkylation sites (tertiary alicyclic amines) is 1. The molecule has 2 fully saturated rings. The normalized spacial score (nSPS) is 31.6. The van der Waals surface area contributed by atoms with Crippen LogP contribution in [0, 0.1) is 5.92 Å². The molecule has 2 rings (SSSR count). The van der Waals surface area contributed by atoms with E-state index in [9.17, 15) is 13.2 Å². The molecule has 2 aliphatic rings. The summed E-state index contributed by atoms with van der Waals surface area (Å²) in [6.45, 7) is 1.60. The van der Waals surface area contributed by atoms with Gasteiger partial charge in [0.2, 0.25) is 5.91 Å². The van der Waals surface area contributed by atoms with Gasteiger partial charge >= 0.3 is 0 Å². The number of nitrogens with two attached hydrogens (primary N) is 1. The Balaban J connectivity index is 1.88. The van der Waals surface area contributed by atoms with Crippen LogP contribution in [0.25, 0.3) is 0 Å². The molecule has 2 N–H and O–H groups in total. The highest BCUT2D eigenvalue weighted by Gasteiger charge is 2.34. The highest BCUT2D eigenvalue weighted by Crippen LogP contribution is 2.24.